The van der Waals surface area contributed by atoms with Crippen LogP contribution in [0.3, 0.4) is 0 Å². The minimum atomic E-state index is -0.0668. The van der Waals surface area contributed by atoms with E-state index in [0.29, 0.717) is 43.4 Å². The molecule has 0 aromatic heterocycles. The first kappa shape index (κ1) is 19.6. The zero-order valence-corrected chi connectivity index (χ0v) is 16.0. The second-order valence-electron chi connectivity index (χ2n) is 5.77. The average Bonchev–Trinajstić information content (AvgIpc) is 2.64. The van der Waals surface area contributed by atoms with Crippen molar-refractivity contribution in [2.75, 3.05) is 26.9 Å². The molecule has 26 heavy (non-hydrogen) atoms. The Hall–Kier alpha value is -2.69. The number of hydrogen-bond donors (Lipinski definition) is 0. The summed E-state index contributed by atoms with van der Waals surface area (Å²) in [6.07, 6.45) is 0. The standard InChI is InChI=1S/C21H27NO4/c1-5-24-18-11-8-16(9-12-18)15-22(4)21(23)17-10-13-19(25-6-2)20(14-17)26-7-3/h8-14H,5-7,15H2,1-4H3. The quantitative estimate of drug-likeness (QED) is 0.676. The molecule has 0 aliphatic carbocycles. The Morgan fingerprint density at radius 3 is 2.08 bits per heavy atom. The molecule has 0 spiro atoms. The minimum absolute atomic E-state index is 0.0668. The summed E-state index contributed by atoms with van der Waals surface area (Å²) in [5.41, 5.74) is 1.62. The third-order valence-electron chi connectivity index (χ3n) is 3.79. The molecule has 0 bridgehead atoms. The molecule has 2 rings (SSSR count). The molecular formula is C21H27NO4. The summed E-state index contributed by atoms with van der Waals surface area (Å²) in [5.74, 6) is 2.01. The molecule has 0 unspecified atom stereocenters. The van der Waals surface area contributed by atoms with Crippen LogP contribution in [0, 0.1) is 0 Å². The van der Waals surface area contributed by atoms with Crippen LogP contribution < -0.4 is 14.2 Å². The first-order valence-corrected chi connectivity index (χ1v) is 8.95. The van der Waals surface area contributed by atoms with Gasteiger partial charge in [-0.15, -0.1) is 0 Å². The van der Waals surface area contributed by atoms with Crippen LogP contribution in [0.15, 0.2) is 42.5 Å². The van der Waals surface area contributed by atoms with E-state index in [1.54, 1.807) is 30.1 Å². The van der Waals surface area contributed by atoms with Crippen molar-refractivity contribution >= 4 is 5.91 Å². The van der Waals surface area contributed by atoms with Gasteiger partial charge in [0.15, 0.2) is 11.5 Å². The van der Waals surface area contributed by atoms with E-state index in [2.05, 4.69) is 0 Å². The van der Waals surface area contributed by atoms with Gasteiger partial charge in [-0.05, 0) is 56.7 Å². The molecule has 5 nitrogen and oxygen atoms in total. The second-order valence-corrected chi connectivity index (χ2v) is 5.77. The Morgan fingerprint density at radius 2 is 1.46 bits per heavy atom. The summed E-state index contributed by atoms with van der Waals surface area (Å²) in [5, 5.41) is 0. The molecule has 0 saturated carbocycles. The SMILES string of the molecule is CCOc1ccc(CN(C)C(=O)c2ccc(OCC)c(OCC)c2)cc1. The van der Waals surface area contributed by atoms with Gasteiger partial charge in [-0.2, -0.15) is 0 Å². The van der Waals surface area contributed by atoms with Crippen molar-refractivity contribution in [1.82, 2.24) is 4.90 Å². The highest BCUT2D eigenvalue weighted by Gasteiger charge is 2.15. The Balaban J connectivity index is 2.10. The highest BCUT2D eigenvalue weighted by Crippen LogP contribution is 2.29. The third-order valence-corrected chi connectivity index (χ3v) is 3.79. The molecule has 0 fully saturated rings. The molecule has 2 aromatic rings. The summed E-state index contributed by atoms with van der Waals surface area (Å²) >= 11 is 0. The van der Waals surface area contributed by atoms with Crippen LogP contribution in [0.25, 0.3) is 0 Å². The number of hydrogen-bond acceptors (Lipinski definition) is 4. The smallest absolute Gasteiger partial charge is 0.254 e. The maximum absolute atomic E-state index is 12.7. The molecule has 0 aliphatic heterocycles. The van der Waals surface area contributed by atoms with Gasteiger partial charge in [0.1, 0.15) is 5.75 Å². The fourth-order valence-electron chi connectivity index (χ4n) is 2.61. The molecule has 140 valence electrons. The third kappa shape index (κ3) is 5.15. The molecule has 2 aromatic carbocycles. The van der Waals surface area contributed by atoms with E-state index < -0.39 is 0 Å². The highest BCUT2D eigenvalue weighted by atomic mass is 16.5. The topological polar surface area (TPSA) is 48.0 Å². The van der Waals surface area contributed by atoms with Crippen molar-refractivity contribution in [3.63, 3.8) is 0 Å². The van der Waals surface area contributed by atoms with Gasteiger partial charge in [-0.25, -0.2) is 0 Å². The van der Waals surface area contributed by atoms with Crippen LogP contribution in [0.5, 0.6) is 17.2 Å². The summed E-state index contributed by atoms with van der Waals surface area (Å²) in [6.45, 7) is 7.99. The van der Waals surface area contributed by atoms with E-state index in [1.807, 2.05) is 45.0 Å². The van der Waals surface area contributed by atoms with E-state index in [0.717, 1.165) is 11.3 Å². The molecule has 0 saturated heterocycles. The van der Waals surface area contributed by atoms with Gasteiger partial charge in [-0.1, -0.05) is 12.1 Å². The predicted molar refractivity (Wildman–Crippen MR) is 102 cm³/mol. The fourth-order valence-corrected chi connectivity index (χ4v) is 2.61. The Bertz CT molecular complexity index is 712. The van der Waals surface area contributed by atoms with Crippen LogP contribution in [-0.4, -0.2) is 37.7 Å². The molecule has 0 radical (unpaired) electrons. The molecule has 5 heteroatoms. The Labute approximate surface area is 155 Å². The first-order valence-electron chi connectivity index (χ1n) is 8.95. The summed E-state index contributed by atoms with van der Waals surface area (Å²) in [4.78, 5) is 14.4. The van der Waals surface area contributed by atoms with E-state index in [9.17, 15) is 4.79 Å². The van der Waals surface area contributed by atoms with Crippen molar-refractivity contribution < 1.29 is 19.0 Å². The number of rotatable bonds is 9. The molecule has 0 aliphatic rings. The first-order chi connectivity index (χ1) is 12.6. The van der Waals surface area contributed by atoms with Gasteiger partial charge in [0.25, 0.3) is 5.91 Å². The number of carbonyl (C=O) groups excluding carboxylic acids is 1. The highest BCUT2D eigenvalue weighted by molar-refractivity contribution is 5.94. The second kappa shape index (κ2) is 9.70. The van der Waals surface area contributed by atoms with Crippen molar-refractivity contribution in [2.45, 2.75) is 27.3 Å². The molecule has 1 amide bonds. The summed E-state index contributed by atoms with van der Waals surface area (Å²) < 4.78 is 16.6. The van der Waals surface area contributed by atoms with Crippen molar-refractivity contribution in [2.24, 2.45) is 0 Å². The zero-order valence-electron chi connectivity index (χ0n) is 16.0. The van der Waals surface area contributed by atoms with E-state index >= 15 is 0 Å². The number of carbonyl (C=O) groups is 1. The molecule has 0 atom stereocenters. The van der Waals surface area contributed by atoms with Gasteiger partial charge in [-0.3, -0.25) is 4.79 Å². The van der Waals surface area contributed by atoms with Gasteiger partial charge in [0, 0.05) is 19.2 Å². The van der Waals surface area contributed by atoms with Gasteiger partial charge < -0.3 is 19.1 Å². The molecule has 0 N–H and O–H groups in total. The summed E-state index contributed by atoms with van der Waals surface area (Å²) in [7, 11) is 1.79. The normalized spacial score (nSPS) is 10.3. The lowest BCUT2D eigenvalue weighted by Crippen LogP contribution is -2.26. The lowest BCUT2D eigenvalue weighted by Gasteiger charge is -2.19. The van der Waals surface area contributed by atoms with Gasteiger partial charge >= 0.3 is 0 Å². The number of amides is 1. The zero-order chi connectivity index (χ0) is 18.9. The predicted octanol–water partition coefficient (Wildman–Crippen LogP) is 4.15. The van der Waals surface area contributed by atoms with E-state index in [-0.39, 0.29) is 5.91 Å². The fraction of sp³-hybridized carbons (Fsp3) is 0.381. The number of ether oxygens (including phenoxy) is 3. The Morgan fingerprint density at radius 1 is 0.846 bits per heavy atom. The van der Waals surface area contributed by atoms with Crippen molar-refractivity contribution in [3.05, 3.63) is 53.6 Å². The van der Waals surface area contributed by atoms with Crippen molar-refractivity contribution in [3.8, 4) is 17.2 Å². The minimum Gasteiger partial charge on any atom is -0.494 e. The largest absolute Gasteiger partial charge is 0.494 e. The number of nitrogens with zero attached hydrogens (tertiary/aromatic N) is 1. The average molecular weight is 357 g/mol. The van der Waals surface area contributed by atoms with E-state index in [1.165, 1.54) is 0 Å². The summed E-state index contributed by atoms with van der Waals surface area (Å²) in [6, 6.07) is 13.1. The van der Waals surface area contributed by atoms with Crippen LogP contribution in [0.1, 0.15) is 36.7 Å². The Kier molecular flexibility index (Phi) is 7.33. The van der Waals surface area contributed by atoms with Crippen LogP contribution >= 0.6 is 0 Å². The monoisotopic (exact) mass is 357 g/mol. The lowest BCUT2D eigenvalue weighted by molar-refractivity contribution is 0.0784. The number of benzene rings is 2. The van der Waals surface area contributed by atoms with Crippen LogP contribution in [0.4, 0.5) is 0 Å². The van der Waals surface area contributed by atoms with Gasteiger partial charge in [0.2, 0.25) is 0 Å². The van der Waals surface area contributed by atoms with E-state index in [4.69, 9.17) is 14.2 Å². The van der Waals surface area contributed by atoms with Crippen LogP contribution in [-0.2, 0) is 6.54 Å². The molecule has 0 heterocycles. The maximum atomic E-state index is 12.7. The lowest BCUT2D eigenvalue weighted by atomic mass is 10.1. The maximum Gasteiger partial charge on any atom is 0.254 e. The van der Waals surface area contributed by atoms with Crippen molar-refractivity contribution in [1.29, 1.82) is 0 Å². The molecular weight excluding hydrogens is 330 g/mol. The van der Waals surface area contributed by atoms with Gasteiger partial charge in [0.05, 0.1) is 19.8 Å². The van der Waals surface area contributed by atoms with Crippen LogP contribution in [0.2, 0.25) is 0 Å².